The number of nitrogens with one attached hydrogen (secondary N) is 1. The van der Waals surface area contributed by atoms with Crippen LogP contribution in [0, 0.1) is 6.92 Å². The Bertz CT molecular complexity index is 323. The first-order chi connectivity index (χ1) is 7.69. The summed E-state index contributed by atoms with van der Waals surface area (Å²) >= 11 is 0. The van der Waals surface area contributed by atoms with Crippen LogP contribution in [-0.4, -0.2) is 12.6 Å². The Hall–Kier alpha value is -1.02. The fraction of sp³-hybridized carbons (Fsp3) is 0.571. The van der Waals surface area contributed by atoms with Gasteiger partial charge in [-0.15, -0.1) is 0 Å². The number of benzene rings is 1. The molecule has 0 aliphatic carbocycles. The lowest BCUT2D eigenvalue weighted by molar-refractivity contribution is 0.213. The molecule has 1 atom stereocenters. The number of ether oxygens (including phenoxy) is 1. The van der Waals surface area contributed by atoms with E-state index in [9.17, 15) is 0 Å². The van der Waals surface area contributed by atoms with Crippen LogP contribution < -0.4 is 10.1 Å². The van der Waals surface area contributed by atoms with Gasteiger partial charge >= 0.3 is 0 Å². The summed E-state index contributed by atoms with van der Waals surface area (Å²) in [7, 11) is 0. The molecular weight excluding hydrogens is 198 g/mol. The third-order valence-corrected chi connectivity index (χ3v) is 2.75. The third-order valence-electron chi connectivity index (χ3n) is 2.75. The van der Waals surface area contributed by atoms with Crippen LogP contribution in [0.4, 0.5) is 0 Å². The fourth-order valence-electron chi connectivity index (χ4n) is 1.57. The van der Waals surface area contributed by atoms with E-state index >= 15 is 0 Å². The first-order valence-corrected chi connectivity index (χ1v) is 6.14. The van der Waals surface area contributed by atoms with E-state index in [0.29, 0.717) is 0 Å². The molecule has 1 unspecified atom stereocenters. The van der Waals surface area contributed by atoms with E-state index in [4.69, 9.17) is 4.74 Å². The minimum absolute atomic E-state index is 0.279. The van der Waals surface area contributed by atoms with Crippen molar-refractivity contribution in [1.82, 2.24) is 5.32 Å². The van der Waals surface area contributed by atoms with Gasteiger partial charge in [0.2, 0.25) is 0 Å². The maximum absolute atomic E-state index is 5.98. The first kappa shape index (κ1) is 13.0. The van der Waals surface area contributed by atoms with Gasteiger partial charge in [0.1, 0.15) is 5.75 Å². The average Bonchev–Trinajstić information content (AvgIpc) is 2.29. The van der Waals surface area contributed by atoms with E-state index in [1.807, 2.05) is 0 Å². The van der Waals surface area contributed by atoms with Gasteiger partial charge in [0.15, 0.2) is 0 Å². The smallest absolute Gasteiger partial charge is 0.127 e. The van der Waals surface area contributed by atoms with Crippen LogP contribution in [0.3, 0.4) is 0 Å². The van der Waals surface area contributed by atoms with Crippen LogP contribution in [-0.2, 0) is 6.54 Å². The van der Waals surface area contributed by atoms with Gasteiger partial charge in [0, 0.05) is 12.1 Å². The van der Waals surface area contributed by atoms with Gasteiger partial charge in [-0.25, -0.2) is 0 Å². The van der Waals surface area contributed by atoms with Crippen molar-refractivity contribution in [2.24, 2.45) is 0 Å². The molecule has 0 spiro atoms. The summed E-state index contributed by atoms with van der Waals surface area (Å²) in [5, 5.41) is 3.34. The van der Waals surface area contributed by atoms with Gasteiger partial charge in [-0.1, -0.05) is 32.0 Å². The maximum atomic E-state index is 5.98. The molecule has 0 saturated carbocycles. The fourth-order valence-corrected chi connectivity index (χ4v) is 1.57. The van der Waals surface area contributed by atoms with Crippen molar-refractivity contribution in [3.8, 4) is 5.75 Å². The molecule has 1 aromatic rings. The highest BCUT2D eigenvalue weighted by molar-refractivity contribution is 5.40. The molecular formula is C14H23NO. The largest absolute Gasteiger partial charge is 0.490 e. The predicted octanol–water partition coefficient (Wildman–Crippen LogP) is 3.28. The number of rotatable bonds is 6. The first-order valence-electron chi connectivity index (χ1n) is 6.14. The highest BCUT2D eigenvalue weighted by Crippen LogP contribution is 2.25. The van der Waals surface area contributed by atoms with Crippen LogP contribution in [0.25, 0.3) is 0 Å². The van der Waals surface area contributed by atoms with E-state index in [1.165, 1.54) is 11.1 Å². The normalized spacial score (nSPS) is 12.5. The summed E-state index contributed by atoms with van der Waals surface area (Å²) < 4.78 is 5.98. The monoisotopic (exact) mass is 221 g/mol. The molecule has 0 aromatic heterocycles. The molecule has 0 saturated heterocycles. The zero-order valence-corrected chi connectivity index (χ0v) is 10.8. The minimum atomic E-state index is 0.279. The summed E-state index contributed by atoms with van der Waals surface area (Å²) in [5.74, 6) is 1.05. The molecule has 2 nitrogen and oxygen atoms in total. The Balaban J connectivity index is 2.85. The quantitative estimate of drug-likeness (QED) is 0.796. The molecule has 90 valence electrons. The molecule has 0 amide bonds. The lowest BCUT2D eigenvalue weighted by atomic mass is 10.1. The Morgan fingerprint density at radius 3 is 2.69 bits per heavy atom. The Labute approximate surface area is 99.0 Å². The van der Waals surface area contributed by atoms with E-state index in [1.54, 1.807) is 0 Å². The molecule has 1 N–H and O–H groups in total. The van der Waals surface area contributed by atoms with Crippen molar-refractivity contribution >= 4 is 0 Å². The summed E-state index contributed by atoms with van der Waals surface area (Å²) in [6, 6.07) is 6.33. The Kier molecular flexibility index (Phi) is 5.33. The summed E-state index contributed by atoms with van der Waals surface area (Å²) in [5.41, 5.74) is 2.47. The highest BCUT2D eigenvalue weighted by atomic mass is 16.5. The molecule has 0 aliphatic heterocycles. The standard InChI is InChI=1S/C14H23NO/c1-5-12(4)16-14-11(3)8-7-9-13(14)10-15-6-2/h7-9,12,15H,5-6,10H2,1-4H3. The van der Waals surface area contributed by atoms with Crippen molar-refractivity contribution in [3.63, 3.8) is 0 Å². The molecule has 0 radical (unpaired) electrons. The predicted molar refractivity (Wildman–Crippen MR) is 68.9 cm³/mol. The van der Waals surface area contributed by atoms with Crippen molar-refractivity contribution in [2.45, 2.75) is 46.8 Å². The molecule has 0 heterocycles. The highest BCUT2D eigenvalue weighted by Gasteiger charge is 2.09. The van der Waals surface area contributed by atoms with Gasteiger partial charge in [0.25, 0.3) is 0 Å². The van der Waals surface area contributed by atoms with Gasteiger partial charge in [0.05, 0.1) is 6.10 Å². The second-order valence-electron chi connectivity index (χ2n) is 4.18. The SMILES string of the molecule is CCNCc1cccc(C)c1OC(C)CC. The average molecular weight is 221 g/mol. The number of hydrogen-bond acceptors (Lipinski definition) is 2. The third kappa shape index (κ3) is 3.53. The molecule has 2 heteroatoms. The van der Waals surface area contributed by atoms with Gasteiger partial charge in [-0.05, 0) is 32.4 Å². The molecule has 0 fully saturated rings. The lowest BCUT2D eigenvalue weighted by Crippen LogP contribution is -2.16. The van der Waals surface area contributed by atoms with Gasteiger partial charge in [-0.3, -0.25) is 0 Å². The van der Waals surface area contributed by atoms with E-state index in [2.05, 4.69) is 51.2 Å². The number of hydrogen-bond donors (Lipinski definition) is 1. The minimum Gasteiger partial charge on any atom is -0.490 e. The maximum Gasteiger partial charge on any atom is 0.127 e. The number of aryl methyl sites for hydroxylation is 1. The summed E-state index contributed by atoms with van der Waals surface area (Å²) in [6.07, 6.45) is 1.32. The van der Waals surface area contributed by atoms with Crippen molar-refractivity contribution in [3.05, 3.63) is 29.3 Å². The summed E-state index contributed by atoms with van der Waals surface area (Å²) in [6.45, 7) is 10.3. The van der Waals surface area contributed by atoms with Crippen LogP contribution in [0.15, 0.2) is 18.2 Å². The number of para-hydroxylation sites is 1. The van der Waals surface area contributed by atoms with Crippen LogP contribution >= 0.6 is 0 Å². The molecule has 16 heavy (non-hydrogen) atoms. The van der Waals surface area contributed by atoms with Crippen LogP contribution in [0.5, 0.6) is 5.75 Å². The van der Waals surface area contributed by atoms with Crippen molar-refractivity contribution in [1.29, 1.82) is 0 Å². The Morgan fingerprint density at radius 2 is 2.06 bits per heavy atom. The van der Waals surface area contributed by atoms with E-state index in [0.717, 1.165) is 25.3 Å². The van der Waals surface area contributed by atoms with Crippen LogP contribution in [0.1, 0.15) is 38.3 Å². The second kappa shape index (κ2) is 6.54. The van der Waals surface area contributed by atoms with E-state index in [-0.39, 0.29) is 6.10 Å². The Morgan fingerprint density at radius 1 is 1.31 bits per heavy atom. The molecule has 0 bridgehead atoms. The molecule has 1 rings (SSSR count). The lowest BCUT2D eigenvalue weighted by Gasteiger charge is -2.18. The second-order valence-corrected chi connectivity index (χ2v) is 4.18. The molecule has 1 aromatic carbocycles. The van der Waals surface area contributed by atoms with Crippen molar-refractivity contribution < 1.29 is 4.74 Å². The van der Waals surface area contributed by atoms with E-state index < -0.39 is 0 Å². The van der Waals surface area contributed by atoms with Crippen molar-refractivity contribution in [2.75, 3.05) is 6.54 Å². The molecule has 0 aliphatic rings. The van der Waals surface area contributed by atoms with Gasteiger partial charge in [-0.2, -0.15) is 0 Å². The van der Waals surface area contributed by atoms with Gasteiger partial charge < -0.3 is 10.1 Å². The summed E-state index contributed by atoms with van der Waals surface area (Å²) in [4.78, 5) is 0. The van der Waals surface area contributed by atoms with Crippen LogP contribution in [0.2, 0.25) is 0 Å². The zero-order valence-electron chi connectivity index (χ0n) is 10.8. The zero-order chi connectivity index (χ0) is 12.0. The topological polar surface area (TPSA) is 21.3 Å².